The van der Waals surface area contributed by atoms with Gasteiger partial charge in [0, 0.05) is 31.9 Å². The van der Waals surface area contributed by atoms with Crippen molar-refractivity contribution >= 4 is 0 Å². The van der Waals surface area contributed by atoms with Gasteiger partial charge in [-0.2, -0.15) is 5.10 Å². The van der Waals surface area contributed by atoms with Gasteiger partial charge in [-0.15, -0.1) is 0 Å². The fraction of sp³-hybridized carbons (Fsp3) is 0.769. The number of rotatable bonds is 5. The molecule has 2 unspecified atom stereocenters. The van der Waals surface area contributed by atoms with Crippen molar-refractivity contribution < 1.29 is 5.11 Å². The molecule has 1 fully saturated rings. The van der Waals surface area contributed by atoms with Gasteiger partial charge in [0.25, 0.3) is 0 Å². The second-order valence-corrected chi connectivity index (χ2v) is 4.85. The maximum Gasteiger partial charge on any atom is 0.0522 e. The average Bonchev–Trinajstić information content (AvgIpc) is 2.84. The molecular formula is C13H23N3O. The van der Waals surface area contributed by atoms with Crippen LogP contribution in [0.15, 0.2) is 12.3 Å². The van der Waals surface area contributed by atoms with Gasteiger partial charge in [0.05, 0.1) is 5.69 Å². The van der Waals surface area contributed by atoms with Crippen LogP contribution in [-0.4, -0.2) is 27.5 Å². The van der Waals surface area contributed by atoms with Crippen molar-refractivity contribution in [3.63, 3.8) is 0 Å². The fourth-order valence-corrected chi connectivity index (χ4v) is 2.73. The van der Waals surface area contributed by atoms with Gasteiger partial charge in [0.2, 0.25) is 0 Å². The van der Waals surface area contributed by atoms with Crippen molar-refractivity contribution in [2.75, 3.05) is 6.61 Å². The predicted molar refractivity (Wildman–Crippen MR) is 67.6 cm³/mol. The first kappa shape index (κ1) is 12.6. The molecule has 4 nitrogen and oxygen atoms in total. The molecule has 0 radical (unpaired) electrons. The summed E-state index contributed by atoms with van der Waals surface area (Å²) in [7, 11) is 0. The van der Waals surface area contributed by atoms with Gasteiger partial charge in [-0.25, -0.2) is 0 Å². The molecule has 2 N–H and O–H groups in total. The molecule has 0 spiro atoms. The van der Waals surface area contributed by atoms with Gasteiger partial charge in [-0.1, -0.05) is 12.8 Å². The summed E-state index contributed by atoms with van der Waals surface area (Å²) in [5.41, 5.74) is 1.23. The maximum atomic E-state index is 9.36. The van der Waals surface area contributed by atoms with E-state index in [-0.39, 0.29) is 0 Å². The lowest BCUT2D eigenvalue weighted by atomic mass is 9.85. The Morgan fingerprint density at radius 3 is 3.06 bits per heavy atom. The Labute approximate surface area is 103 Å². The Balaban J connectivity index is 1.88. The van der Waals surface area contributed by atoms with Gasteiger partial charge in [0.15, 0.2) is 0 Å². The molecule has 1 aromatic rings. The van der Waals surface area contributed by atoms with E-state index in [9.17, 15) is 5.11 Å². The third-order valence-corrected chi connectivity index (χ3v) is 3.79. The third-order valence-electron chi connectivity index (χ3n) is 3.79. The van der Waals surface area contributed by atoms with Gasteiger partial charge >= 0.3 is 0 Å². The van der Waals surface area contributed by atoms with Crippen LogP contribution < -0.4 is 5.32 Å². The lowest BCUT2D eigenvalue weighted by molar-refractivity contribution is 0.152. The molecule has 2 atom stereocenters. The van der Waals surface area contributed by atoms with Crippen LogP contribution in [0.5, 0.6) is 0 Å². The predicted octanol–water partition coefficient (Wildman–Crippen LogP) is 1.54. The standard InChI is InChI=1S/C13H23N3O/c1-2-16-12(7-8-15-16)9-14-13-6-4-3-5-11(13)10-17/h7-8,11,13-14,17H,2-6,9-10H2,1H3. The van der Waals surface area contributed by atoms with E-state index in [2.05, 4.69) is 23.4 Å². The average molecular weight is 237 g/mol. The van der Waals surface area contributed by atoms with E-state index in [4.69, 9.17) is 0 Å². The van der Waals surface area contributed by atoms with Crippen molar-refractivity contribution in [1.82, 2.24) is 15.1 Å². The SMILES string of the molecule is CCn1nccc1CNC1CCCCC1CO. The summed E-state index contributed by atoms with van der Waals surface area (Å²) in [5.74, 6) is 0.432. The van der Waals surface area contributed by atoms with Crippen molar-refractivity contribution in [3.8, 4) is 0 Å². The summed E-state index contributed by atoms with van der Waals surface area (Å²) in [6.45, 7) is 4.19. The van der Waals surface area contributed by atoms with Crippen molar-refractivity contribution in [3.05, 3.63) is 18.0 Å². The number of aliphatic hydroxyl groups excluding tert-OH is 1. The van der Waals surface area contributed by atoms with E-state index in [1.54, 1.807) is 0 Å². The van der Waals surface area contributed by atoms with Crippen LogP contribution in [-0.2, 0) is 13.1 Å². The second kappa shape index (κ2) is 6.17. The summed E-state index contributed by atoms with van der Waals surface area (Å²) >= 11 is 0. The van der Waals surface area contributed by atoms with E-state index in [0.717, 1.165) is 19.5 Å². The lowest BCUT2D eigenvalue weighted by Gasteiger charge is -2.31. The van der Waals surface area contributed by atoms with Gasteiger partial charge in [-0.05, 0) is 31.7 Å². The van der Waals surface area contributed by atoms with Crippen LogP contribution >= 0.6 is 0 Å². The van der Waals surface area contributed by atoms with Gasteiger partial charge in [-0.3, -0.25) is 4.68 Å². The minimum absolute atomic E-state index is 0.310. The molecule has 0 aliphatic heterocycles. The lowest BCUT2D eigenvalue weighted by Crippen LogP contribution is -2.40. The largest absolute Gasteiger partial charge is 0.396 e. The molecule has 0 amide bonds. The Morgan fingerprint density at radius 1 is 1.47 bits per heavy atom. The van der Waals surface area contributed by atoms with E-state index < -0.39 is 0 Å². The zero-order valence-corrected chi connectivity index (χ0v) is 10.6. The molecule has 1 aliphatic rings. The van der Waals surface area contributed by atoms with Crippen LogP contribution in [0.2, 0.25) is 0 Å². The summed E-state index contributed by atoms with van der Waals surface area (Å²) in [6.07, 6.45) is 6.73. The molecule has 0 saturated heterocycles. The molecule has 96 valence electrons. The Bertz CT molecular complexity index is 337. The number of nitrogens with one attached hydrogen (secondary N) is 1. The van der Waals surface area contributed by atoms with E-state index in [1.807, 2.05) is 10.9 Å². The molecule has 4 heteroatoms. The van der Waals surface area contributed by atoms with Crippen molar-refractivity contribution in [2.45, 2.75) is 51.7 Å². The molecule has 0 aromatic carbocycles. The third kappa shape index (κ3) is 3.07. The Hall–Kier alpha value is -0.870. The zero-order chi connectivity index (χ0) is 12.1. The van der Waals surface area contributed by atoms with Crippen LogP contribution in [0.25, 0.3) is 0 Å². The first-order chi connectivity index (χ1) is 8.35. The highest BCUT2D eigenvalue weighted by Crippen LogP contribution is 2.24. The minimum Gasteiger partial charge on any atom is -0.396 e. The molecule has 2 rings (SSSR count). The quantitative estimate of drug-likeness (QED) is 0.817. The number of aryl methyl sites for hydroxylation is 1. The van der Waals surface area contributed by atoms with E-state index in [1.165, 1.54) is 25.0 Å². The Kier molecular flexibility index (Phi) is 4.57. The first-order valence-electron chi connectivity index (χ1n) is 6.70. The number of aliphatic hydroxyl groups is 1. The monoisotopic (exact) mass is 237 g/mol. The normalized spacial score (nSPS) is 25.1. The van der Waals surface area contributed by atoms with Crippen LogP contribution in [0.3, 0.4) is 0 Å². The number of hydrogen-bond acceptors (Lipinski definition) is 3. The first-order valence-corrected chi connectivity index (χ1v) is 6.70. The molecule has 17 heavy (non-hydrogen) atoms. The topological polar surface area (TPSA) is 50.1 Å². The smallest absolute Gasteiger partial charge is 0.0522 e. The van der Waals surface area contributed by atoms with Crippen LogP contribution in [0.4, 0.5) is 0 Å². The van der Waals surface area contributed by atoms with Crippen molar-refractivity contribution in [1.29, 1.82) is 0 Å². The van der Waals surface area contributed by atoms with Crippen LogP contribution in [0.1, 0.15) is 38.3 Å². The highest BCUT2D eigenvalue weighted by Gasteiger charge is 2.23. The molecule has 1 aromatic heterocycles. The summed E-state index contributed by atoms with van der Waals surface area (Å²) in [4.78, 5) is 0. The fourth-order valence-electron chi connectivity index (χ4n) is 2.73. The second-order valence-electron chi connectivity index (χ2n) is 4.85. The number of aromatic nitrogens is 2. The van der Waals surface area contributed by atoms with Gasteiger partial charge in [0.1, 0.15) is 0 Å². The summed E-state index contributed by atoms with van der Waals surface area (Å²) in [5, 5.41) is 17.2. The number of hydrogen-bond donors (Lipinski definition) is 2. The molecule has 1 heterocycles. The number of nitrogens with zero attached hydrogens (tertiary/aromatic N) is 2. The van der Waals surface area contributed by atoms with Crippen LogP contribution in [0, 0.1) is 5.92 Å². The van der Waals surface area contributed by atoms with E-state index in [0.29, 0.717) is 18.6 Å². The zero-order valence-electron chi connectivity index (χ0n) is 10.6. The highest BCUT2D eigenvalue weighted by molar-refractivity contribution is 5.00. The Morgan fingerprint density at radius 2 is 2.29 bits per heavy atom. The highest BCUT2D eigenvalue weighted by atomic mass is 16.3. The molecule has 1 saturated carbocycles. The molecule has 1 aliphatic carbocycles. The summed E-state index contributed by atoms with van der Waals surface area (Å²) in [6, 6.07) is 2.53. The molecule has 0 bridgehead atoms. The minimum atomic E-state index is 0.310. The van der Waals surface area contributed by atoms with Gasteiger partial charge < -0.3 is 10.4 Å². The maximum absolute atomic E-state index is 9.36. The van der Waals surface area contributed by atoms with Crippen molar-refractivity contribution in [2.24, 2.45) is 5.92 Å². The van der Waals surface area contributed by atoms with E-state index >= 15 is 0 Å². The summed E-state index contributed by atoms with van der Waals surface area (Å²) < 4.78 is 2.02. The molecular weight excluding hydrogens is 214 g/mol.